The van der Waals surface area contributed by atoms with E-state index < -0.39 is 10.0 Å². The maximum absolute atomic E-state index is 12.4. The zero-order valence-corrected chi connectivity index (χ0v) is 16.0. The quantitative estimate of drug-likeness (QED) is 0.669. The van der Waals surface area contributed by atoms with Crippen LogP contribution in [0.15, 0.2) is 58.9 Å². The number of hydrogen-bond donors (Lipinski definition) is 1. The SMILES string of the molecule is CC(C)Oc1ccc(S(=O)(=O)NCc2nc(-c3ccccn3)cs2)cc1. The van der Waals surface area contributed by atoms with E-state index in [4.69, 9.17) is 4.74 Å². The van der Waals surface area contributed by atoms with Gasteiger partial charge in [0.2, 0.25) is 10.0 Å². The van der Waals surface area contributed by atoms with Crippen LogP contribution in [-0.4, -0.2) is 24.5 Å². The van der Waals surface area contributed by atoms with Crippen molar-refractivity contribution in [3.05, 3.63) is 59.0 Å². The number of nitrogens with one attached hydrogen (secondary N) is 1. The number of thiazole rings is 1. The number of benzene rings is 1. The van der Waals surface area contributed by atoms with Gasteiger partial charge in [-0.25, -0.2) is 18.1 Å². The van der Waals surface area contributed by atoms with Crippen molar-refractivity contribution in [1.29, 1.82) is 0 Å². The summed E-state index contributed by atoms with van der Waals surface area (Å²) in [6.45, 7) is 3.96. The van der Waals surface area contributed by atoms with Crippen LogP contribution in [0.4, 0.5) is 0 Å². The van der Waals surface area contributed by atoms with Crippen LogP contribution in [0.1, 0.15) is 18.9 Å². The second kappa shape index (κ2) is 7.94. The van der Waals surface area contributed by atoms with Crippen LogP contribution in [0.5, 0.6) is 5.75 Å². The van der Waals surface area contributed by atoms with Gasteiger partial charge in [0.25, 0.3) is 0 Å². The Morgan fingerprint density at radius 1 is 1.12 bits per heavy atom. The van der Waals surface area contributed by atoms with E-state index in [1.54, 1.807) is 18.3 Å². The largest absolute Gasteiger partial charge is 0.491 e. The van der Waals surface area contributed by atoms with Crippen LogP contribution >= 0.6 is 11.3 Å². The summed E-state index contributed by atoms with van der Waals surface area (Å²) in [6.07, 6.45) is 1.73. The van der Waals surface area contributed by atoms with Crippen molar-refractivity contribution in [2.45, 2.75) is 31.4 Å². The van der Waals surface area contributed by atoms with Crippen molar-refractivity contribution >= 4 is 21.4 Å². The van der Waals surface area contributed by atoms with Crippen LogP contribution in [0.2, 0.25) is 0 Å². The zero-order chi connectivity index (χ0) is 18.6. The van der Waals surface area contributed by atoms with Gasteiger partial charge in [0.15, 0.2) is 0 Å². The molecule has 0 bridgehead atoms. The molecule has 0 aliphatic heterocycles. The molecule has 8 heteroatoms. The van der Waals surface area contributed by atoms with Crippen LogP contribution in [0, 0.1) is 0 Å². The van der Waals surface area contributed by atoms with Gasteiger partial charge >= 0.3 is 0 Å². The molecule has 0 saturated carbocycles. The van der Waals surface area contributed by atoms with E-state index in [-0.39, 0.29) is 17.5 Å². The number of hydrogen-bond acceptors (Lipinski definition) is 6. The van der Waals surface area contributed by atoms with Gasteiger partial charge in [-0.15, -0.1) is 11.3 Å². The summed E-state index contributed by atoms with van der Waals surface area (Å²) >= 11 is 1.39. The molecule has 0 saturated heterocycles. The molecule has 0 spiro atoms. The molecule has 26 heavy (non-hydrogen) atoms. The average molecular weight is 390 g/mol. The molecule has 0 aliphatic carbocycles. The van der Waals surface area contributed by atoms with Gasteiger partial charge in [-0.1, -0.05) is 6.07 Å². The Balaban J connectivity index is 1.66. The second-order valence-electron chi connectivity index (χ2n) is 5.80. The third kappa shape index (κ3) is 4.66. The minimum atomic E-state index is -3.61. The lowest BCUT2D eigenvalue weighted by atomic mass is 10.3. The zero-order valence-electron chi connectivity index (χ0n) is 14.4. The van der Waals surface area contributed by atoms with E-state index in [1.807, 2.05) is 37.4 Å². The van der Waals surface area contributed by atoms with Gasteiger partial charge in [-0.3, -0.25) is 4.98 Å². The molecule has 0 radical (unpaired) electrons. The van der Waals surface area contributed by atoms with Gasteiger partial charge < -0.3 is 4.74 Å². The van der Waals surface area contributed by atoms with Crippen molar-refractivity contribution in [1.82, 2.24) is 14.7 Å². The Morgan fingerprint density at radius 3 is 2.54 bits per heavy atom. The highest BCUT2D eigenvalue weighted by Gasteiger charge is 2.15. The Bertz CT molecular complexity index is 953. The van der Waals surface area contributed by atoms with Crippen molar-refractivity contribution in [3.63, 3.8) is 0 Å². The van der Waals surface area contributed by atoms with Crippen molar-refractivity contribution in [2.24, 2.45) is 0 Å². The highest BCUT2D eigenvalue weighted by molar-refractivity contribution is 7.89. The molecule has 2 heterocycles. The minimum absolute atomic E-state index is 0.0359. The van der Waals surface area contributed by atoms with Crippen LogP contribution < -0.4 is 9.46 Å². The molecule has 3 rings (SSSR count). The van der Waals surface area contributed by atoms with Crippen molar-refractivity contribution < 1.29 is 13.2 Å². The third-order valence-corrected chi connectivity index (χ3v) is 5.66. The standard InChI is InChI=1S/C18H19N3O3S2/c1-13(2)24-14-6-8-15(9-7-14)26(22,23)20-11-18-21-17(12-25-18)16-5-3-4-10-19-16/h3-10,12-13,20H,11H2,1-2H3. The van der Waals surface area contributed by atoms with E-state index in [2.05, 4.69) is 14.7 Å². The highest BCUT2D eigenvalue weighted by Crippen LogP contribution is 2.21. The molecular formula is C18H19N3O3S2. The van der Waals surface area contributed by atoms with Gasteiger partial charge in [0.1, 0.15) is 10.8 Å². The molecule has 0 unspecified atom stereocenters. The molecular weight excluding hydrogens is 370 g/mol. The average Bonchev–Trinajstić information content (AvgIpc) is 3.10. The maximum Gasteiger partial charge on any atom is 0.240 e. The fraction of sp³-hybridized carbons (Fsp3) is 0.222. The molecule has 2 aromatic heterocycles. The molecule has 1 aromatic carbocycles. The van der Waals surface area contributed by atoms with E-state index >= 15 is 0 Å². The molecule has 6 nitrogen and oxygen atoms in total. The van der Waals surface area contributed by atoms with Crippen LogP contribution in [0.3, 0.4) is 0 Å². The Morgan fingerprint density at radius 2 is 1.88 bits per heavy atom. The summed E-state index contributed by atoms with van der Waals surface area (Å²) in [7, 11) is -3.61. The number of nitrogens with zero attached hydrogens (tertiary/aromatic N) is 2. The lowest BCUT2D eigenvalue weighted by molar-refractivity contribution is 0.242. The highest BCUT2D eigenvalue weighted by atomic mass is 32.2. The first-order valence-corrected chi connectivity index (χ1v) is 10.4. The van der Waals surface area contributed by atoms with Crippen molar-refractivity contribution in [2.75, 3.05) is 0 Å². The Kier molecular flexibility index (Phi) is 5.65. The molecule has 0 atom stereocenters. The van der Waals surface area contributed by atoms with Gasteiger partial charge in [0, 0.05) is 11.6 Å². The number of ether oxygens (including phenoxy) is 1. The van der Waals surface area contributed by atoms with Gasteiger partial charge in [-0.2, -0.15) is 0 Å². The number of rotatable bonds is 7. The number of pyridine rings is 1. The lowest BCUT2D eigenvalue weighted by Crippen LogP contribution is -2.23. The van der Waals surface area contributed by atoms with Gasteiger partial charge in [-0.05, 0) is 50.2 Å². The minimum Gasteiger partial charge on any atom is -0.491 e. The molecule has 3 aromatic rings. The van der Waals surface area contributed by atoms with Gasteiger partial charge in [0.05, 0.1) is 28.9 Å². The fourth-order valence-corrected chi connectivity index (χ4v) is 4.04. The molecule has 0 amide bonds. The topological polar surface area (TPSA) is 81.2 Å². The Hall–Kier alpha value is -2.29. The van der Waals surface area contributed by atoms with Crippen LogP contribution in [0.25, 0.3) is 11.4 Å². The predicted octanol–water partition coefficient (Wildman–Crippen LogP) is 3.47. The van der Waals surface area contributed by atoms with E-state index in [0.717, 1.165) is 11.4 Å². The predicted molar refractivity (Wildman–Crippen MR) is 102 cm³/mol. The molecule has 136 valence electrons. The summed E-state index contributed by atoms with van der Waals surface area (Å²) in [5.74, 6) is 0.638. The van der Waals surface area contributed by atoms with E-state index in [0.29, 0.717) is 10.8 Å². The first kappa shape index (κ1) is 18.5. The summed E-state index contributed by atoms with van der Waals surface area (Å²) in [4.78, 5) is 8.86. The molecule has 1 N–H and O–H groups in total. The lowest BCUT2D eigenvalue weighted by Gasteiger charge is -2.10. The Labute approximate surface area is 157 Å². The summed E-state index contributed by atoms with van der Waals surface area (Å²) in [5, 5.41) is 2.54. The number of sulfonamides is 1. The second-order valence-corrected chi connectivity index (χ2v) is 8.51. The normalized spacial score (nSPS) is 11.7. The summed E-state index contributed by atoms with van der Waals surface area (Å²) in [5.41, 5.74) is 1.50. The van der Waals surface area contributed by atoms with Crippen molar-refractivity contribution in [3.8, 4) is 17.1 Å². The fourth-order valence-electron chi connectivity index (χ4n) is 2.23. The van der Waals surface area contributed by atoms with Crippen LogP contribution in [-0.2, 0) is 16.6 Å². The number of aromatic nitrogens is 2. The van der Waals surface area contributed by atoms with E-state index in [1.165, 1.54) is 23.5 Å². The first-order chi connectivity index (χ1) is 12.4. The maximum atomic E-state index is 12.4. The summed E-state index contributed by atoms with van der Waals surface area (Å²) < 4.78 is 33.0. The molecule has 0 aliphatic rings. The monoisotopic (exact) mass is 389 g/mol. The van der Waals surface area contributed by atoms with E-state index in [9.17, 15) is 8.42 Å². The molecule has 0 fully saturated rings. The third-order valence-electron chi connectivity index (χ3n) is 3.40. The smallest absolute Gasteiger partial charge is 0.240 e. The first-order valence-electron chi connectivity index (χ1n) is 8.06. The summed E-state index contributed by atoms with van der Waals surface area (Å²) in [6, 6.07) is 11.9.